The van der Waals surface area contributed by atoms with E-state index in [4.69, 9.17) is 4.98 Å². The quantitative estimate of drug-likeness (QED) is 0.698. The van der Waals surface area contributed by atoms with E-state index in [0.717, 1.165) is 11.7 Å². The van der Waals surface area contributed by atoms with E-state index in [0.29, 0.717) is 0 Å². The molecule has 0 spiro atoms. The molecule has 1 saturated carbocycles. The summed E-state index contributed by atoms with van der Waals surface area (Å²) in [5.41, 5.74) is 0.232. The van der Waals surface area contributed by atoms with Crippen LogP contribution in [-0.4, -0.2) is 9.36 Å². The molecule has 3 heteroatoms. The second-order valence-electron chi connectivity index (χ2n) is 8.47. The molecule has 0 bridgehead atoms. The van der Waals surface area contributed by atoms with Crippen LogP contribution in [0.2, 0.25) is 0 Å². The maximum atomic E-state index is 4.87. The van der Waals surface area contributed by atoms with E-state index in [-0.39, 0.29) is 10.8 Å². The fraction of sp³-hybridized carbons (Fsp3) is 0.889. The lowest BCUT2D eigenvalue weighted by molar-refractivity contribution is 0.294. The van der Waals surface area contributed by atoms with E-state index in [1.165, 1.54) is 56.4 Å². The first-order valence-corrected chi connectivity index (χ1v) is 9.41. The molecule has 1 aliphatic rings. The molecule has 120 valence electrons. The molecule has 0 aromatic carbocycles. The third-order valence-corrected chi connectivity index (χ3v) is 5.78. The van der Waals surface area contributed by atoms with Gasteiger partial charge >= 0.3 is 0 Å². The summed E-state index contributed by atoms with van der Waals surface area (Å²) in [7, 11) is 0. The summed E-state index contributed by atoms with van der Waals surface area (Å²) < 4.78 is 4.61. The van der Waals surface area contributed by atoms with Gasteiger partial charge in [0.15, 0.2) is 0 Å². The van der Waals surface area contributed by atoms with Crippen molar-refractivity contribution in [2.75, 3.05) is 0 Å². The third kappa shape index (κ3) is 4.77. The summed E-state index contributed by atoms with van der Waals surface area (Å²) in [6.45, 7) is 11.3. The Balaban J connectivity index is 2.04. The van der Waals surface area contributed by atoms with Crippen LogP contribution in [0, 0.1) is 5.92 Å². The van der Waals surface area contributed by atoms with Crippen LogP contribution < -0.4 is 0 Å². The van der Waals surface area contributed by atoms with Crippen molar-refractivity contribution in [2.24, 2.45) is 5.92 Å². The highest BCUT2D eigenvalue weighted by atomic mass is 32.1. The summed E-state index contributed by atoms with van der Waals surface area (Å²) >= 11 is 1.62. The van der Waals surface area contributed by atoms with Crippen molar-refractivity contribution in [2.45, 2.75) is 96.8 Å². The fourth-order valence-corrected chi connectivity index (χ4v) is 4.30. The minimum Gasteiger partial charge on any atom is -0.223 e. The van der Waals surface area contributed by atoms with Crippen molar-refractivity contribution in [1.82, 2.24) is 9.36 Å². The molecule has 1 aromatic heterocycles. The molecular formula is C18H32N2S. The molecule has 0 radical (unpaired) electrons. The highest BCUT2D eigenvalue weighted by Gasteiger charge is 2.30. The molecule has 1 aliphatic carbocycles. The van der Waals surface area contributed by atoms with E-state index < -0.39 is 0 Å². The van der Waals surface area contributed by atoms with Gasteiger partial charge in [-0.2, -0.15) is 4.37 Å². The van der Waals surface area contributed by atoms with Crippen molar-refractivity contribution < 1.29 is 0 Å². The summed E-state index contributed by atoms with van der Waals surface area (Å²) in [6.07, 6.45) is 11.2. The Kier molecular flexibility index (Phi) is 5.45. The Morgan fingerprint density at radius 1 is 0.952 bits per heavy atom. The molecule has 21 heavy (non-hydrogen) atoms. The molecular weight excluding hydrogens is 276 g/mol. The minimum atomic E-state index is 0.0606. The Labute approximate surface area is 134 Å². The standard InChI is InChI=1S/C18H32N2S/c1-17(2,3)15-19-16(21-20-15)18(4,5)13-14-11-9-7-6-8-10-12-14/h14H,6-13H2,1-5H3. The molecule has 0 atom stereocenters. The highest BCUT2D eigenvalue weighted by Crippen LogP contribution is 2.37. The summed E-state index contributed by atoms with van der Waals surface area (Å²) in [5, 5.41) is 1.23. The zero-order valence-corrected chi connectivity index (χ0v) is 15.4. The average molecular weight is 309 g/mol. The van der Waals surface area contributed by atoms with E-state index in [1.807, 2.05) is 0 Å². The summed E-state index contributed by atoms with van der Waals surface area (Å²) in [5.74, 6) is 1.88. The van der Waals surface area contributed by atoms with E-state index in [1.54, 1.807) is 11.5 Å². The molecule has 0 amide bonds. The van der Waals surface area contributed by atoms with Gasteiger partial charge in [0, 0.05) is 10.8 Å². The van der Waals surface area contributed by atoms with E-state index >= 15 is 0 Å². The molecule has 2 nitrogen and oxygen atoms in total. The molecule has 0 unspecified atom stereocenters. The first-order chi connectivity index (χ1) is 9.79. The molecule has 1 fully saturated rings. The summed E-state index contributed by atoms with van der Waals surface area (Å²) in [4.78, 5) is 4.87. The van der Waals surface area contributed by atoms with E-state index in [2.05, 4.69) is 39.0 Å². The molecule has 0 aliphatic heterocycles. The normalized spacial score (nSPS) is 19.3. The van der Waals surface area contributed by atoms with E-state index in [9.17, 15) is 0 Å². The van der Waals surface area contributed by atoms with Crippen LogP contribution in [0.15, 0.2) is 0 Å². The fourth-order valence-electron chi connectivity index (χ4n) is 3.36. The Hall–Kier alpha value is -0.440. The number of rotatable bonds is 3. The van der Waals surface area contributed by atoms with Gasteiger partial charge in [-0.3, -0.25) is 0 Å². The first-order valence-electron chi connectivity index (χ1n) is 8.64. The van der Waals surface area contributed by atoms with Gasteiger partial charge in [-0.05, 0) is 23.9 Å². The topological polar surface area (TPSA) is 25.8 Å². The summed E-state index contributed by atoms with van der Waals surface area (Å²) in [6, 6.07) is 0. The van der Waals surface area contributed by atoms with Crippen LogP contribution in [0.5, 0.6) is 0 Å². The van der Waals surface area contributed by atoms with Crippen molar-refractivity contribution in [3.8, 4) is 0 Å². The Morgan fingerprint density at radius 2 is 1.52 bits per heavy atom. The van der Waals surface area contributed by atoms with Crippen LogP contribution in [0.1, 0.15) is 96.8 Å². The number of aromatic nitrogens is 2. The van der Waals surface area contributed by atoms with Crippen molar-refractivity contribution in [3.05, 3.63) is 10.8 Å². The predicted molar refractivity (Wildman–Crippen MR) is 92.1 cm³/mol. The maximum absolute atomic E-state index is 4.87. The first kappa shape index (κ1) is 16.9. The second kappa shape index (κ2) is 6.76. The van der Waals surface area contributed by atoms with Crippen LogP contribution in [0.4, 0.5) is 0 Å². The molecule has 0 N–H and O–H groups in total. The lowest BCUT2D eigenvalue weighted by Gasteiger charge is -2.29. The van der Waals surface area contributed by atoms with Gasteiger partial charge in [-0.1, -0.05) is 79.6 Å². The largest absolute Gasteiger partial charge is 0.223 e. The number of hydrogen-bond donors (Lipinski definition) is 0. The van der Waals surface area contributed by atoms with Gasteiger partial charge in [-0.25, -0.2) is 4.98 Å². The smallest absolute Gasteiger partial charge is 0.147 e. The monoisotopic (exact) mass is 308 g/mol. The second-order valence-corrected chi connectivity index (χ2v) is 9.22. The minimum absolute atomic E-state index is 0.0606. The highest BCUT2D eigenvalue weighted by molar-refractivity contribution is 7.05. The lowest BCUT2D eigenvalue weighted by atomic mass is 9.78. The Bertz CT molecular complexity index is 434. The molecule has 0 saturated heterocycles. The van der Waals surface area contributed by atoms with Crippen molar-refractivity contribution >= 4 is 11.5 Å². The van der Waals surface area contributed by atoms with Crippen LogP contribution in [0.3, 0.4) is 0 Å². The van der Waals surface area contributed by atoms with Gasteiger partial charge in [-0.15, -0.1) is 0 Å². The molecule has 1 heterocycles. The lowest BCUT2D eigenvalue weighted by Crippen LogP contribution is -2.23. The van der Waals surface area contributed by atoms with Crippen LogP contribution in [0.25, 0.3) is 0 Å². The molecule has 1 aromatic rings. The van der Waals surface area contributed by atoms with Crippen LogP contribution >= 0.6 is 11.5 Å². The van der Waals surface area contributed by atoms with Gasteiger partial charge < -0.3 is 0 Å². The maximum Gasteiger partial charge on any atom is 0.147 e. The van der Waals surface area contributed by atoms with Crippen molar-refractivity contribution in [1.29, 1.82) is 0 Å². The molecule has 2 rings (SSSR count). The van der Waals surface area contributed by atoms with Gasteiger partial charge in [0.25, 0.3) is 0 Å². The third-order valence-electron chi connectivity index (χ3n) is 4.70. The predicted octanol–water partition coefficient (Wildman–Crippen LogP) is 5.86. The SMILES string of the molecule is CC(C)(C)c1nsc(C(C)(C)CC2CCCCCCC2)n1. The number of nitrogens with zero attached hydrogens (tertiary/aromatic N) is 2. The van der Waals surface area contributed by atoms with Crippen molar-refractivity contribution in [3.63, 3.8) is 0 Å². The van der Waals surface area contributed by atoms with Gasteiger partial charge in [0.1, 0.15) is 10.8 Å². The van der Waals surface area contributed by atoms with Gasteiger partial charge in [0.2, 0.25) is 0 Å². The number of hydrogen-bond acceptors (Lipinski definition) is 3. The Morgan fingerprint density at radius 3 is 2.05 bits per heavy atom. The zero-order valence-electron chi connectivity index (χ0n) is 14.5. The van der Waals surface area contributed by atoms with Gasteiger partial charge in [0.05, 0.1) is 0 Å². The average Bonchev–Trinajstić information content (AvgIpc) is 2.82. The van der Waals surface area contributed by atoms with Crippen LogP contribution in [-0.2, 0) is 10.8 Å². The zero-order chi connectivity index (χ0) is 15.5.